The number of hydrogen-bond acceptors (Lipinski definition) is 0. The summed E-state index contributed by atoms with van der Waals surface area (Å²) in [7, 11) is 0. The molecule has 0 aromatic heterocycles. The van der Waals surface area contributed by atoms with Crippen molar-refractivity contribution < 1.29 is 0 Å². The van der Waals surface area contributed by atoms with Gasteiger partial charge in [-0.25, -0.2) is 0 Å². The zero-order chi connectivity index (χ0) is 7.68. The molecule has 3 radical (unpaired) electrons. The van der Waals surface area contributed by atoms with Gasteiger partial charge < -0.3 is 0 Å². The zero-order valence-electron chi connectivity index (χ0n) is 6.99. The molecule has 0 saturated carbocycles. The Morgan fingerprint density at radius 3 is 2.25 bits per heavy atom. The molecule has 0 saturated heterocycles. The maximum Gasteiger partial charge on any atom is 0 e. The molecule has 2 rings (SSSR count). The Balaban J connectivity index is 0.000000720. The molecule has 0 amide bonds. The van der Waals surface area contributed by atoms with Crippen LogP contribution >= 0.6 is 9.90 Å². The molecule has 0 aliphatic heterocycles. The van der Waals surface area contributed by atoms with Gasteiger partial charge in [0.05, 0.1) is 0 Å². The highest BCUT2D eigenvalue weighted by Gasteiger charge is 2.03. The van der Waals surface area contributed by atoms with E-state index in [1.54, 1.807) is 0 Å². The van der Waals surface area contributed by atoms with E-state index < -0.39 is 0 Å². The van der Waals surface area contributed by atoms with Crippen molar-refractivity contribution in [3.8, 4) is 0 Å². The minimum atomic E-state index is 0. The summed E-state index contributed by atoms with van der Waals surface area (Å²) in [5.74, 6) is 0. The third kappa shape index (κ3) is 1.49. The first-order chi connectivity index (χ1) is 5.38. The van der Waals surface area contributed by atoms with Crippen molar-refractivity contribution in [2.45, 2.75) is 6.92 Å². The summed E-state index contributed by atoms with van der Waals surface area (Å²) >= 11 is 0. The van der Waals surface area contributed by atoms with Gasteiger partial charge in [-0.2, -0.15) is 0 Å². The van der Waals surface area contributed by atoms with Gasteiger partial charge in [-0.1, -0.05) is 42.5 Å². The molecule has 0 unspecified atom stereocenters. The largest absolute Gasteiger partial charge is 0.0620 e. The lowest BCUT2D eigenvalue weighted by Gasteiger charge is -2.09. The first-order valence-electron chi connectivity index (χ1n) is 3.82. The molecule has 1 heteroatoms. The summed E-state index contributed by atoms with van der Waals surface area (Å²) in [4.78, 5) is 0. The van der Waals surface area contributed by atoms with Crippen LogP contribution in [0.5, 0.6) is 0 Å². The Morgan fingerprint density at radius 2 is 1.75 bits per heavy atom. The SMILES string of the molecule is Cc1ccccc1C1=CC=C1.[P]. The van der Waals surface area contributed by atoms with Gasteiger partial charge in [-0.15, -0.1) is 0 Å². The fourth-order valence-corrected chi connectivity index (χ4v) is 1.27. The smallest absolute Gasteiger partial charge is 0 e. The molecule has 0 fully saturated rings. The molecule has 59 valence electrons. The number of hydrogen-bond donors (Lipinski definition) is 0. The van der Waals surface area contributed by atoms with E-state index >= 15 is 0 Å². The van der Waals surface area contributed by atoms with Crippen molar-refractivity contribution in [2.24, 2.45) is 0 Å². The molecular weight excluding hydrogens is 163 g/mol. The first kappa shape index (κ1) is 9.22. The average Bonchev–Trinajstić information content (AvgIpc) is 1.90. The van der Waals surface area contributed by atoms with Gasteiger partial charge in [0, 0.05) is 9.90 Å². The first-order valence-corrected chi connectivity index (χ1v) is 3.82. The number of allylic oxidation sites excluding steroid dienone is 4. The normalized spacial score (nSPS) is 12.9. The lowest BCUT2D eigenvalue weighted by Crippen LogP contribution is -1.88. The molecule has 1 aromatic rings. The fourth-order valence-electron chi connectivity index (χ4n) is 1.27. The molecule has 0 spiro atoms. The fraction of sp³-hybridized carbons (Fsp3) is 0.0909. The summed E-state index contributed by atoms with van der Waals surface area (Å²) < 4.78 is 0. The Kier molecular flexibility index (Phi) is 2.83. The molecular formula is C11H10P. The van der Waals surface area contributed by atoms with E-state index in [-0.39, 0.29) is 9.90 Å². The van der Waals surface area contributed by atoms with Gasteiger partial charge in [0.1, 0.15) is 0 Å². The Bertz CT molecular complexity index is 335. The van der Waals surface area contributed by atoms with Crippen LogP contribution in [0.25, 0.3) is 5.57 Å². The van der Waals surface area contributed by atoms with E-state index in [9.17, 15) is 0 Å². The third-order valence-electron chi connectivity index (χ3n) is 2.01. The maximum absolute atomic E-state index is 2.16. The molecule has 0 nitrogen and oxygen atoms in total. The van der Waals surface area contributed by atoms with Crippen LogP contribution in [0.15, 0.2) is 42.5 Å². The number of benzene rings is 1. The molecule has 1 aromatic carbocycles. The van der Waals surface area contributed by atoms with Crippen molar-refractivity contribution >= 4 is 15.5 Å². The summed E-state index contributed by atoms with van der Waals surface area (Å²) in [6.45, 7) is 2.14. The van der Waals surface area contributed by atoms with Crippen LogP contribution in [-0.2, 0) is 0 Å². The van der Waals surface area contributed by atoms with Crippen molar-refractivity contribution in [1.29, 1.82) is 0 Å². The van der Waals surface area contributed by atoms with Crippen LogP contribution in [0, 0.1) is 6.92 Å². The standard InChI is InChI=1S/C11H10.P/c1-9-5-2-3-8-11(9)10-6-4-7-10;/h2-8H,1H3;. The molecule has 0 heterocycles. The van der Waals surface area contributed by atoms with Gasteiger partial charge in [-0.05, 0) is 23.6 Å². The van der Waals surface area contributed by atoms with Crippen LogP contribution in [0.3, 0.4) is 0 Å². The second-order valence-electron chi connectivity index (χ2n) is 2.80. The van der Waals surface area contributed by atoms with Crippen LogP contribution in [0.4, 0.5) is 0 Å². The van der Waals surface area contributed by atoms with Gasteiger partial charge >= 0.3 is 0 Å². The van der Waals surface area contributed by atoms with Gasteiger partial charge in [-0.3, -0.25) is 0 Å². The van der Waals surface area contributed by atoms with Crippen LogP contribution in [0.2, 0.25) is 0 Å². The quantitative estimate of drug-likeness (QED) is 0.566. The topological polar surface area (TPSA) is 0 Å². The zero-order valence-corrected chi connectivity index (χ0v) is 7.88. The highest BCUT2D eigenvalue weighted by molar-refractivity contribution is 6.92. The van der Waals surface area contributed by atoms with E-state index in [1.165, 1.54) is 16.7 Å². The van der Waals surface area contributed by atoms with Crippen molar-refractivity contribution in [1.82, 2.24) is 0 Å². The van der Waals surface area contributed by atoms with Crippen molar-refractivity contribution in [3.05, 3.63) is 53.6 Å². The number of aryl methyl sites for hydroxylation is 1. The minimum absolute atomic E-state index is 0. The molecule has 12 heavy (non-hydrogen) atoms. The van der Waals surface area contributed by atoms with Gasteiger partial charge in [0.25, 0.3) is 0 Å². The predicted octanol–water partition coefficient (Wildman–Crippen LogP) is 3.81. The molecule has 0 atom stereocenters. The second-order valence-corrected chi connectivity index (χ2v) is 2.80. The van der Waals surface area contributed by atoms with E-state index in [1.807, 2.05) is 0 Å². The van der Waals surface area contributed by atoms with Crippen LogP contribution in [-0.4, -0.2) is 0 Å². The average molecular weight is 173 g/mol. The Labute approximate surface area is 76.6 Å². The molecule has 0 N–H and O–H groups in total. The van der Waals surface area contributed by atoms with E-state index in [2.05, 4.69) is 49.4 Å². The van der Waals surface area contributed by atoms with Crippen molar-refractivity contribution in [3.63, 3.8) is 0 Å². The highest BCUT2D eigenvalue weighted by atomic mass is 31.0. The van der Waals surface area contributed by atoms with Gasteiger partial charge in [0.2, 0.25) is 0 Å². The number of rotatable bonds is 1. The maximum atomic E-state index is 2.16. The summed E-state index contributed by atoms with van der Waals surface area (Å²) in [6, 6.07) is 8.45. The van der Waals surface area contributed by atoms with Crippen molar-refractivity contribution in [2.75, 3.05) is 0 Å². The molecule has 1 aliphatic rings. The molecule has 1 aliphatic carbocycles. The lowest BCUT2D eigenvalue weighted by atomic mass is 9.96. The second kappa shape index (κ2) is 3.69. The lowest BCUT2D eigenvalue weighted by molar-refractivity contribution is 1.42. The predicted molar refractivity (Wildman–Crippen MR) is 55.2 cm³/mol. The van der Waals surface area contributed by atoms with E-state index in [0.717, 1.165) is 0 Å². The summed E-state index contributed by atoms with van der Waals surface area (Å²) in [5, 5.41) is 0. The highest BCUT2D eigenvalue weighted by Crippen LogP contribution is 2.24. The van der Waals surface area contributed by atoms with Crippen LogP contribution in [0.1, 0.15) is 11.1 Å². The van der Waals surface area contributed by atoms with E-state index in [4.69, 9.17) is 0 Å². The van der Waals surface area contributed by atoms with E-state index in [0.29, 0.717) is 0 Å². The van der Waals surface area contributed by atoms with Crippen LogP contribution < -0.4 is 0 Å². The summed E-state index contributed by atoms with van der Waals surface area (Å²) in [5.41, 5.74) is 4.06. The molecule has 0 bridgehead atoms. The Hall–Kier alpha value is -0.870. The minimum Gasteiger partial charge on any atom is -0.0620 e. The van der Waals surface area contributed by atoms with Gasteiger partial charge in [0.15, 0.2) is 0 Å². The third-order valence-corrected chi connectivity index (χ3v) is 2.01. The Morgan fingerprint density at radius 1 is 1.08 bits per heavy atom. The summed E-state index contributed by atoms with van der Waals surface area (Å²) in [6.07, 6.45) is 6.35. The monoisotopic (exact) mass is 173 g/mol.